The molecule has 0 amide bonds. The molecular weight excluding hydrogens is 242 g/mol. The van der Waals surface area contributed by atoms with Gasteiger partial charge in [-0.1, -0.05) is 17.3 Å². The smallest absolute Gasteiger partial charge is 0.509 e. The van der Waals surface area contributed by atoms with E-state index in [0.29, 0.717) is 0 Å². The number of hydrogen-bond acceptors (Lipinski definition) is 7. The van der Waals surface area contributed by atoms with E-state index >= 15 is 0 Å². The SMILES string of the molecule is O=[N+]([O-])c1ccc(OB(OF)ONS)cc1. The van der Waals surface area contributed by atoms with Crippen LogP contribution in [0.1, 0.15) is 0 Å². The van der Waals surface area contributed by atoms with Crippen LogP contribution in [-0.4, -0.2) is 12.2 Å². The van der Waals surface area contributed by atoms with Gasteiger partial charge >= 0.3 is 7.32 Å². The molecule has 0 saturated carbocycles. The van der Waals surface area contributed by atoms with Gasteiger partial charge in [-0.05, 0) is 12.1 Å². The third kappa shape index (κ3) is 3.66. The van der Waals surface area contributed by atoms with E-state index < -0.39 is 12.2 Å². The van der Waals surface area contributed by atoms with E-state index in [4.69, 9.17) is 4.65 Å². The Labute approximate surface area is 95.2 Å². The minimum Gasteiger partial charge on any atom is -0.509 e. The Morgan fingerprint density at radius 2 is 2.06 bits per heavy atom. The van der Waals surface area contributed by atoms with Crippen LogP contribution in [0.4, 0.5) is 10.2 Å². The molecule has 0 heterocycles. The molecule has 10 heteroatoms. The highest BCUT2D eigenvalue weighted by atomic mass is 32.1. The number of hydrogen-bond donors (Lipinski definition) is 2. The number of thiol groups is 1. The van der Waals surface area contributed by atoms with Crippen molar-refractivity contribution >= 4 is 25.8 Å². The molecule has 16 heavy (non-hydrogen) atoms. The Balaban J connectivity index is 2.63. The summed E-state index contributed by atoms with van der Waals surface area (Å²) >= 11 is 3.44. The summed E-state index contributed by atoms with van der Waals surface area (Å²) in [5, 5.41) is 10.3. The second kappa shape index (κ2) is 6.28. The van der Waals surface area contributed by atoms with E-state index in [-0.39, 0.29) is 11.4 Å². The first-order valence-electron chi connectivity index (χ1n) is 3.90. The molecule has 0 unspecified atom stereocenters. The molecule has 0 aliphatic heterocycles. The lowest BCUT2D eigenvalue weighted by molar-refractivity contribution is -0.384. The third-order valence-corrected chi connectivity index (χ3v) is 1.61. The van der Waals surface area contributed by atoms with Gasteiger partial charge in [-0.3, -0.25) is 14.9 Å². The molecule has 1 aromatic carbocycles. The lowest BCUT2D eigenvalue weighted by atomic mass is 10.2. The van der Waals surface area contributed by atoms with Gasteiger partial charge in [0.15, 0.2) is 0 Å². The van der Waals surface area contributed by atoms with Crippen molar-refractivity contribution in [3.05, 3.63) is 34.4 Å². The van der Waals surface area contributed by atoms with Crippen LogP contribution in [0.2, 0.25) is 0 Å². The number of benzene rings is 1. The summed E-state index contributed by atoms with van der Waals surface area (Å²) in [5.41, 5.74) is -0.113. The lowest BCUT2D eigenvalue weighted by Crippen LogP contribution is -2.30. The van der Waals surface area contributed by atoms with Crippen molar-refractivity contribution in [3.8, 4) is 5.75 Å². The maximum Gasteiger partial charge on any atom is 0.764 e. The molecule has 0 bridgehead atoms. The number of nitro groups is 1. The molecule has 0 atom stereocenters. The van der Waals surface area contributed by atoms with E-state index in [1.54, 1.807) is 0 Å². The van der Waals surface area contributed by atoms with Gasteiger partial charge < -0.3 is 4.65 Å². The van der Waals surface area contributed by atoms with Gasteiger partial charge in [0.2, 0.25) is 0 Å². The van der Waals surface area contributed by atoms with E-state index in [1.807, 2.05) is 4.89 Å². The zero-order valence-corrected chi connectivity index (χ0v) is 8.59. The summed E-state index contributed by atoms with van der Waals surface area (Å²) in [4.78, 5) is 14.9. The molecule has 1 rings (SSSR count). The van der Waals surface area contributed by atoms with Crippen molar-refractivity contribution in [1.82, 2.24) is 4.89 Å². The molecule has 86 valence electrons. The van der Waals surface area contributed by atoms with Gasteiger partial charge in [-0.25, -0.2) is 0 Å². The summed E-state index contributed by atoms with van der Waals surface area (Å²) in [5.74, 6) is 0.136. The standard InChI is InChI=1S/C6H6BFN2O5S/c8-14-7(15-9-16)13-6-3-1-5(2-4-6)10(11)12/h1-4,9,16H. The van der Waals surface area contributed by atoms with Gasteiger partial charge in [-0.15, -0.1) is 0 Å². The maximum atomic E-state index is 11.8. The van der Waals surface area contributed by atoms with Crippen LogP contribution in [0.3, 0.4) is 0 Å². The quantitative estimate of drug-likeness (QED) is 0.341. The van der Waals surface area contributed by atoms with Crippen molar-refractivity contribution in [2.24, 2.45) is 0 Å². The topological polar surface area (TPSA) is 82.9 Å². The Morgan fingerprint density at radius 3 is 2.50 bits per heavy atom. The highest BCUT2D eigenvalue weighted by Crippen LogP contribution is 2.18. The first kappa shape index (κ1) is 12.7. The van der Waals surface area contributed by atoms with Gasteiger partial charge in [-0.2, -0.15) is 9.74 Å². The Kier molecular flexibility index (Phi) is 4.99. The number of nitrogens with one attached hydrogen (secondary N) is 1. The fraction of sp³-hybridized carbons (Fsp3) is 0. The maximum absolute atomic E-state index is 11.8. The summed E-state index contributed by atoms with van der Waals surface area (Å²) < 4.78 is 20.9. The molecule has 0 fully saturated rings. The van der Waals surface area contributed by atoms with Crippen molar-refractivity contribution in [2.75, 3.05) is 0 Å². The van der Waals surface area contributed by atoms with Crippen LogP contribution < -0.4 is 9.54 Å². The number of nitro benzene ring substituents is 1. The summed E-state index contributed by atoms with van der Waals surface area (Å²) in [6.45, 7) is 0. The fourth-order valence-corrected chi connectivity index (χ4v) is 0.947. The third-order valence-electron chi connectivity index (χ3n) is 1.50. The van der Waals surface area contributed by atoms with Crippen LogP contribution in [-0.2, 0) is 9.61 Å². The second-order valence-corrected chi connectivity index (χ2v) is 2.64. The van der Waals surface area contributed by atoms with E-state index in [9.17, 15) is 14.6 Å². The summed E-state index contributed by atoms with van der Waals surface area (Å²) in [6.07, 6.45) is 0. The summed E-state index contributed by atoms with van der Waals surface area (Å²) in [6, 6.07) is 4.93. The molecule has 0 aromatic heterocycles. The van der Waals surface area contributed by atoms with E-state index in [1.165, 1.54) is 24.3 Å². The lowest BCUT2D eigenvalue weighted by Gasteiger charge is -2.08. The highest BCUT2D eigenvalue weighted by Gasteiger charge is 2.26. The molecular formula is C6H6BFN2O5S. The van der Waals surface area contributed by atoms with Crippen molar-refractivity contribution < 1.29 is 23.7 Å². The Hall–Kier alpha value is -1.36. The first-order valence-corrected chi connectivity index (χ1v) is 4.35. The fourth-order valence-electron chi connectivity index (χ4n) is 0.861. The van der Waals surface area contributed by atoms with Gasteiger partial charge in [0.1, 0.15) is 5.75 Å². The normalized spacial score (nSPS) is 9.88. The van der Waals surface area contributed by atoms with Crippen molar-refractivity contribution in [2.45, 2.75) is 0 Å². The average Bonchev–Trinajstić information content (AvgIpc) is 2.29. The summed E-state index contributed by atoms with van der Waals surface area (Å²) in [7, 11) is -1.65. The van der Waals surface area contributed by atoms with Gasteiger partial charge in [0.05, 0.1) is 4.92 Å². The second-order valence-electron chi connectivity index (χ2n) is 2.46. The molecule has 0 aliphatic carbocycles. The van der Waals surface area contributed by atoms with E-state index in [0.717, 1.165) is 0 Å². The number of rotatable bonds is 6. The van der Waals surface area contributed by atoms with Crippen LogP contribution in [0.15, 0.2) is 24.3 Å². The zero-order chi connectivity index (χ0) is 12.0. The Bertz CT molecular complexity index is 353. The van der Waals surface area contributed by atoms with Crippen LogP contribution in [0.25, 0.3) is 0 Å². The molecule has 0 saturated heterocycles. The average molecular weight is 248 g/mol. The zero-order valence-electron chi connectivity index (χ0n) is 7.70. The first-order chi connectivity index (χ1) is 7.67. The van der Waals surface area contributed by atoms with Crippen LogP contribution in [0.5, 0.6) is 5.75 Å². The Morgan fingerprint density at radius 1 is 1.44 bits per heavy atom. The minimum atomic E-state index is -1.65. The highest BCUT2D eigenvalue weighted by molar-refractivity contribution is 7.78. The van der Waals surface area contributed by atoms with E-state index in [2.05, 4.69) is 22.4 Å². The largest absolute Gasteiger partial charge is 0.764 e. The van der Waals surface area contributed by atoms with Gasteiger partial charge in [0.25, 0.3) is 5.69 Å². The molecule has 0 spiro atoms. The molecule has 0 radical (unpaired) electrons. The van der Waals surface area contributed by atoms with Crippen LogP contribution >= 0.6 is 12.8 Å². The van der Waals surface area contributed by atoms with Crippen molar-refractivity contribution in [3.63, 3.8) is 0 Å². The monoisotopic (exact) mass is 248 g/mol. The predicted molar refractivity (Wildman–Crippen MR) is 54.9 cm³/mol. The number of halogens is 1. The van der Waals surface area contributed by atoms with Crippen LogP contribution in [0, 0.1) is 10.1 Å². The molecule has 1 aromatic rings. The number of nitrogens with zero attached hydrogens (tertiary/aromatic N) is 1. The molecule has 1 N–H and O–H groups in total. The molecule has 7 nitrogen and oxygen atoms in total. The molecule has 0 aliphatic rings. The minimum absolute atomic E-state index is 0.113. The van der Waals surface area contributed by atoms with Crippen molar-refractivity contribution in [1.29, 1.82) is 0 Å². The predicted octanol–water partition coefficient (Wildman–Crippen LogP) is 1.23. The van der Waals surface area contributed by atoms with Gasteiger partial charge in [0, 0.05) is 12.1 Å². The number of non-ortho nitro benzene ring substituents is 1.